The number of rotatable bonds is 14. The molecule has 0 aliphatic rings. The molecule has 1 nitrogen and oxygen atoms in total. The second-order valence-electron chi connectivity index (χ2n) is 11.5. The molecule has 0 aliphatic heterocycles. The van der Waals surface area contributed by atoms with Crippen LogP contribution in [0.2, 0.25) is 0 Å². The number of hydrogen-bond acceptors (Lipinski definition) is 1. The highest BCUT2D eigenvalue weighted by molar-refractivity contribution is 5.33. The zero-order valence-electron chi connectivity index (χ0n) is 22.5. The average Bonchev–Trinajstić information content (AvgIpc) is 2.87. The molecule has 0 amide bonds. The maximum absolute atomic E-state index is 10.4. The standard InChI is InChI=1S/C34H46O/c1-33(2,29-20-12-9-13-21-29)26-18-8-6-5-7-11-24-31(27-28-19-16-17-25-32(28)35)34(3,4)30-22-14-10-15-23-30/h9-10,12-17,19-23,25,31,35H,5-8,11,18,24,26-27H2,1-4H3. The summed E-state index contributed by atoms with van der Waals surface area (Å²) in [5.41, 5.74) is 4.24. The summed E-state index contributed by atoms with van der Waals surface area (Å²) >= 11 is 0. The van der Waals surface area contributed by atoms with Crippen molar-refractivity contribution < 1.29 is 5.11 Å². The van der Waals surface area contributed by atoms with E-state index in [9.17, 15) is 5.11 Å². The van der Waals surface area contributed by atoms with Gasteiger partial charge in [-0.05, 0) is 58.8 Å². The third-order valence-electron chi connectivity index (χ3n) is 8.16. The third-order valence-corrected chi connectivity index (χ3v) is 8.16. The zero-order chi connectivity index (χ0) is 25.2. The van der Waals surface area contributed by atoms with Gasteiger partial charge in [0.05, 0.1) is 0 Å². The molecule has 0 bridgehead atoms. The lowest BCUT2D eigenvalue weighted by molar-refractivity contribution is 0.284. The van der Waals surface area contributed by atoms with Crippen molar-refractivity contribution in [2.75, 3.05) is 0 Å². The largest absolute Gasteiger partial charge is 0.508 e. The van der Waals surface area contributed by atoms with E-state index in [1.165, 1.54) is 62.5 Å². The highest BCUT2D eigenvalue weighted by Gasteiger charge is 2.31. The molecule has 0 fully saturated rings. The number of aromatic hydroxyl groups is 1. The van der Waals surface area contributed by atoms with Gasteiger partial charge in [0.25, 0.3) is 0 Å². The minimum Gasteiger partial charge on any atom is -0.508 e. The Labute approximate surface area is 214 Å². The van der Waals surface area contributed by atoms with Gasteiger partial charge in [-0.25, -0.2) is 0 Å². The Kier molecular flexibility index (Phi) is 10.0. The third kappa shape index (κ3) is 7.99. The second-order valence-corrected chi connectivity index (χ2v) is 11.5. The van der Waals surface area contributed by atoms with Gasteiger partial charge in [0.2, 0.25) is 0 Å². The Balaban J connectivity index is 1.47. The van der Waals surface area contributed by atoms with Crippen molar-refractivity contribution in [1.29, 1.82) is 0 Å². The molecule has 1 atom stereocenters. The first kappa shape index (κ1) is 27.1. The summed E-state index contributed by atoms with van der Waals surface area (Å²) in [6.45, 7) is 9.51. The summed E-state index contributed by atoms with van der Waals surface area (Å²) in [5.74, 6) is 0.921. The molecule has 0 saturated carbocycles. The summed E-state index contributed by atoms with van der Waals surface area (Å²) in [4.78, 5) is 0. The first-order chi connectivity index (χ1) is 16.8. The molecule has 188 valence electrons. The zero-order valence-corrected chi connectivity index (χ0v) is 22.5. The lowest BCUT2D eigenvalue weighted by Crippen LogP contribution is -2.30. The molecule has 1 N–H and O–H groups in total. The van der Waals surface area contributed by atoms with Crippen LogP contribution in [0.5, 0.6) is 5.75 Å². The first-order valence-corrected chi connectivity index (χ1v) is 13.7. The van der Waals surface area contributed by atoms with E-state index in [-0.39, 0.29) is 10.8 Å². The summed E-state index contributed by atoms with van der Waals surface area (Å²) < 4.78 is 0. The van der Waals surface area contributed by atoms with Gasteiger partial charge < -0.3 is 5.11 Å². The van der Waals surface area contributed by atoms with Crippen LogP contribution in [-0.2, 0) is 17.3 Å². The predicted molar refractivity (Wildman–Crippen MR) is 151 cm³/mol. The van der Waals surface area contributed by atoms with Crippen LogP contribution in [0.15, 0.2) is 84.9 Å². The van der Waals surface area contributed by atoms with E-state index in [1.807, 2.05) is 18.2 Å². The molecule has 0 aromatic heterocycles. The topological polar surface area (TPSA) is 20.2 Å². The van der Waals surface area contributed by atoms with Crippen LogP contribution in [-0.4, -0.2) is 5.11 Å². The normalized spacial score (nSPS) is 13.0. The molecule has 0 heterocycles. The fourth-order valence-corrected chi connectivity index (χ4v) is 5.47. The van der Waals surface area contributed by atoms with Gasteiger partial charge in [-0.3, -0.25) is 0 Å². The fourth-order valence-electron chi connectivity index (χ4n) is 5.47. The number of phenolic OH excluding ortho intramolecular Hbond substituents is 1. The molecule has 35 heavy (non-hydrogen) atoms. The van der Waals surface area contributed by atoms with Crippen LogP contribution >= 0.6 is 0 Å². The van der Waals surface area contributed by atoms with Gasteiger partial charge in [0.15, 0.2) is 0 Å². The number of benzene rings is 3. The minimum absolute atomic E-state index is 0.0621. The first-order valence-electron chi connectivity index (χ1n) is 13.7. The molecule has 0 radical (unpaired) electrons. The van der Waals surface area contributed by atoms with Crippen LogP contribution in [0.4, 0.5) is 0 Å². The SMILES string of the molecule is CC(C)(CCCCCCCCC(Cc1ccccc1O)C(C)(C)c1ccccc1)c1ccccc1. The maximum Gasteiger partial charge on any atom is 0.118 e. The Morgan fingerprint density at radius 3 is 1.74 bits per heavy atom. The summed E-state index contributed by atoms with van der Waals surface area (Å²) in [7, 11) is 0. The smallest absolute Gasteiger partial charge is 0.118 e. The van der Waals surface area contributed by atoms with Crippen LogP contribution in [0.1, 0.15) is 95.8 Å². The van der Waals surface area contributed by atoms with Crippen molar-refractivity contribution in [2.24, 2.45) is 5.92 Å². The van der Waals surface area contributed by atoms with Crippen LogP contribution < -0.4 is 0 Å². The van der Waals surface area contributed by atoms with Crippen molar-refractivity contribution in [3.8, 4) is 5.75 Å². The van der Waals surface area contributed by atoms with E-state index >= 15 is 0 Å². The molecular formula is C34H46O. The van der Waals surface area contributed by atoms with E-state index < -0.39 is 0 Å². The molecule has 1 heteroatoms. The molecular weight excluding hydrogens is 424 g/mol. The van der Waals surface area contributed by atoms with Crippen molar-refractivity contribution in [3.63, 3.8) is 0 Å². The van der Waals surface area contributed by atoms with Gasteiger partial charge in [0.1, 0.15) is 5.75 Å². The van der Waals surface area contributed by atoms with Gasteiger partial charge >= 0.3 is 0 Å². The highest BCUT2D eigenvalue weighted by atomic mass is 16.3. The van der Waals surface area contributed by atoms with E-state index in [2.05, 4.69) is 94.4 Å². The molecule has 0 spiro atoms. The van der Waals surface area contributed by atoms with Crippen molar-refractivity contribution in [2.45, 2.75) is 96.3 Å². The molecule has 1 unspecified atom stereocenters. The van der Waals surface area contributed by atoms with Gasteiger partial charge in [0, 0.05) is 0 Å². The predicted octanol–water partition coefficient (Wildman–Crippen LogP) is 9.63. The molecule has 0 saturated heterocycles. The van der Waals surface area contributed by atoms with Crippen molar-refractivity contribution in [3.05, 3.63) is 102 Å². The maximum atomic E-state index is 10.4. The second kappa shape index (κ2) is 13.0. The summed E-state index contributed by atoms with van der Waals surface area (Å²) in [5, 5.41) is 10.4. The quantitative estimate of drug-likeness (QED) is 0.232. The number of unbranched alkanes of at least 4 members (excludes halogenated alkanes) is 5. The lowest BCUT2D eigenvalue weighted by Gasteiger charge is -2.36. The van der Waals surface area contributed by atoms with Crippen LogP contribution in [0, 0.1) is 5.92 Å². The Morgan fingerprint density at radius 2 is 1.11 bits per heavy atom. The Morgan fingerprint density at radius 1 is 0.600 bits per heavy atom. The monoisotopic (exact) mass is 470 g/mol. The molecule has 0 aliphatic carbocycles. The summed E-state index contributed by atoms with van der Waals surface area (Å²) in [6, 6.07) is 29.7. The number of para-hydroxylation sites is 1. The van der Waals surface area contributed by atoms with Gasteiger partial charge in [-0.2, -0.15) is 0 Å². The molecule has 3 aromatic carbocycles. The van der Waals surface area contributed by atoms with Gasteiger partial charge in [-0.1, -0.05) is 145 Å². The van der Waals surface area contributed by atoms with Crippen molar-refractivity contribution in [1.82, 2.24) is 0 Å². The van der Waals surface area contributed by atoms with E-state index in [4.69, 9.17) is 0 Å². The van der Waals surface area contributed by atoms with E-state index in [0.29, 0.717) is 11.7 Å². The average molecular weight is 471 g/mol. The highest BCUT2D eigenvalue weighted by Crippen LogP contribution is 2.38. The van der Waals surface area contributed by atoms with Crippen LogP contribution in [0.3, 0.4) is 0 Å². The molecule has 3 aromatic rings. The Hall–Kier alpha value is -2.54. The molecule has 3 rings (SSSR count). The lowest BCUT2D eigenvalue weighted by atomic mass is 9.69. The number of hydrogen-bond donors (Lipinski definition) is 1. The Bertz CT molecular complexity index is 987. The minimum atomic E-state index is 0.0621. The van der Waals surface area contributed by atoms with Gasteiger partial charge in [-0.15, -0.1) is 0 Å². The van der Waals surface area contributed by atoms with Crippen molar-refractivity contribution >= 4 is 0 Å². The fraction of sp³-hybridized carbons (Fsp3) is 0.471. The summed E-state index contributed by atoms with van der Waals surface area (Å²) in [6.07, 6.45) is 11.2. The van der Waals surface area contributed by atoms with E-state index in [1.54, 1.807) is 0 Å². The van der Waals surface area contributed by atoms with E-state index in [0.717, 1.165) is 12.0 Å². The number of phenols is 1. The van der Waals surface area contributed by atoms with Crippen LogP contribution in [0.25, 0.3) is 0 Å².